The predicted molar refractivity (Wildman–Crippen MR) is 109 cm³/mol. The van der Waals surface area contributed by atoms with E-state index < -0.39 is 0 Å². The Kier molecular flexibility index (Phi) is 8.35. The third kappa shape index (κ3) is 5.73. The first-order valence-corrected chi connectivity index (χ1v) is 9.49. The summed E-state index contributed by atoms with van der Waals surface area (Å²) < 4.78 is 15.1. The monoisotopic (exact) mass is 410 g/mol. The van der Waals surface area contributed by atoms with Crippen LogP contribution in [0.25, 0.3) is 5.69 Å². The molecule has 9 heteroatoms. The molecular weight excluding hydrogens is 383 g/mol. The first kappa shape index (κ1) is 22.3. The van der Waals surface area contributed by atoms with Gasteiger partial charge in [0.05, 0.1) is 5.69 Å². The zero-order valence-electron chi connectivity index (χ0n) is 16.3. The molecule has 2 heterocycles. The number of nitrogens with zero attached hydrogens (tertiary/aromatic N) is 4. The topological polar surface area (TPSA) is 75.1 Å². The molecule has 28 heavy (non-hydrogen) atoms. The van der Waals surface area contributed by atoms with Crippen LogP contribution in [-0.2, 0) is 0 Å². The Labute approximate surface area is 171 Å². The summed E-state index contributed by atoms with van der Waals surface area (Å²) in [4.78, 5) is 19.2. The van der Waals surface area contributed by atoms with Crippen molar-refractivity contribution in [2.75, 3.05) is 39.3 Å². The van der Waals surface area contributed by atoms with Crippen molar-refractivity contribution in [2.45, 2.75) is 26.2 Å². The zero-order valence-corrected chi connectivity index (χ0v) is 17.1. The van der Waals surface area contributed by atoms with Crippen LogP contribution in [0.3, 0.4) is 0 Å². The van der Waals surface area contributed by atoms with Gasteiger partial charge < -0.3 is 15.5 Å². The van der Waals surface area contributed by atoms with E-state index in [1.54, 1.807) is 16.8 Å². The number of amides is 1. The number of nitrogens with one attached hydrogen (secondary N) is 2. The van der Waals surface area contributed by atoms with E-state index in [2.05, 4.69) is 25.6 Å². The maximum atomic E-state index is 13.6. The Morgan fingerprint density at radius 1 is 1.32 bits per heavy atom. The second-order valence-corrected chi connectivity index (χ2v) is 7.04. The molecule has 2 N–H and O–H groups in total. The van der Waals surface area contributed by atoms with Crippen LogP contribution in [0.5, 0.6) is 0 Å². The minimum atomic E-state index is -0.350. The van der Waals surface area contributed by atoms with Gasteiger partial charge >= 0.3 is 0 Å². The third-order valence-electron chi connectivity index (χ3n) is 4.55. The van der Waals surface area contributed by atoms with E-state index in [1.165, 1.54) is 12.1 Å². The van der Waals surface area contributed by atoms with Gasteiger partial charge in [-0.25, -0.2) is 14.1 Å². The van der Waals surface area contributed by atoms with E-state index in [9.17, 15) is 9.18 Å². The van der Waals surface area contributed by atoms with Gasteiger partial charge in [0.15, 0.2) is 0 Å². The van der Waals surface area contributed by atoms with Crippen LogP contribution < -0.4 is 10.6 Å². The fourth-order valence-corrected chi connectivity index (χ4v) is 3.11. The van der Waals surface area contributed by atoms with Gasteiger partial charge in [-0.05, 0) is 31.2 Å². The fraction of sp³-hybridized carbons (Fsp3) is 0.526. The molecule has 154 valence electrons. The van der Waals surface area contributed by atoms with Crippen molar-refractivity contribution < 1.29 is 9.18 Å². The van der Waals surface area contributed by atoms with Gasteiger partial charge in [0, 0.05) is 38.6 Å². The highest BCUT2D eigenvalue weighted by atomic mass is 35.5. The summed E-state index contributed by atoms with van der Waals surface area (Å²) >= 11 is 0. The molecule has 2 aromatic rings. The number of piperazine rings is 1. The van der Waals surface area contributed by atoms with Crippen molar-refractivity contribution in [3.8, 4) is 5.69 Å². The molecule has 1 aliphatic heterocycles. The maximum Gasteiger partial charge on any atom is 0.290 e. The molecular formula is C19H28ClFN6O. The van der Waals surface area contributed by atoms with E-state index >= 15 is 0 Å². The Bertz CT molecular complexity index is 776. The van der Waals surface area contributed by atoms with Crippen LogP contribution in [0.1, 0.15) is 42.6 Å². The second-order valence-electron chi connectivity index (χ2n) is 7.04. The molecule has 7 nitrogen and oxygen atoms in total. The molecule has 1 aromatic heterocycles. The van der Waals surface area contributed by atoms with Crippen LogP contribution in [0, 0.1) is 5.82 Å². The summed E-state index contributed by atoms with van der Waals surface area (Å²) in [7, 11) is 0. The first-order valence-electron chi connectivity index (χ1n) is 9.49. The minimum Gasteiger partial charge on any atom is -0.349 e. The molecule has 0 atom stereocenters. The first-order chi connectivity index (χ1) is 13.0. The lowest BCUT2D eigenvalue weighted by Gasteiger charge is -2.26. The highest BCUT2D eigenvalue weighted by Crippen LogP contribution is 2.18. The predicted octanol–water partition coefficient (Wildman–Crippen LogP) is 1.98. The van der Waals surface area contributed by atoms with Crippen LogP contribution in [0.4, 0.5) is 4.39 Å². The van der Waals surface area contributed by atoms with Gasteiger partial charge in [0.1, 0.15) is 11.6 Å². The Morgan fingerprint density at radius 2 is 2.07 bits per heavy atom. The molecule has 0 saturated carbocycles. The molecule has 1 aliphatic rings. The highest BCUT2D eigenvalue weighted by Gasteiger charge is 2.19. The average Bonchev–Trinajstić information content (AvgIpc) is 3.12. The smallest absolute Gasteiger partial charge is 0.290 e. The number of rotatable bonds is 7. The molecule has 0 aliphatic carbocycles. The molecule has 0 bridgehead atoms. The van der Waals surface area contributed by atoms with Crippen molar-refractivity contribution in [2.24, 2.45) is 0 Å². The van der Waals surface area contributed by atoms with Gasteiger partial charge in [-0.2, -0.15) is 0 Å². The van der Waals surface area contributed by atoms with Crippen molar-refractivity contribution in [3.05, 3.63) is 41.7 Å². The standard InChI is InChI=1S/C19H27FN6O.ClH/c1-14(2)18-23-17(24-26(18)16-6-3-5-15(20)13-16)19(27)22-7-4-10-25-11-8-21-9-12-25;/h3,5-6,13-14,21H,4,7-12H2,1-2H3,(H,22,27);1H. The quantitative estimate of drug-likeness (QED) is 0.683. The molecule has 3 rings (SSSR count). The van der Waals surface area contributed by atoms with Crippen LogP contribution in [0.15, 0.2) is 24.3 Å². The molecule has 0 spiro atoms. The fourth-order valence-electron chi connectivity index (χ4n) is 3.11. The van der Waals surface area contributed by atoms with Crippen molar-refractivity contribution >= 4 is 18.3 Å². The lowest BCUT2D eigenvalue weighted by molar-refractivity contribution is 0.0941. The molecule has 0 radical (unpaired) electrons. The van der Waals surface area contributed by atoms with Gasteiger partial charge in [0.2, 0.25) is 5.82 Å². The van der Waals surface area contributed by atoms with Gasteiger partial charge in [-0.1, -0.05) is 19.9 Å². The van der Waals surface area contributed by atoms with Crippen LogP contribution >= 0.6 is 12.4 Å². The van der Waals surface area contributed by atoms with Gasteiger partial charge in [0.25, 0.3) is 5.91 Å². The lowest BCUT2D eigenvalue weighted by atomic mass is 10.2. The third-order valence-corrected chi connectivity index (χ3v) is 4.55. The van der Waals surface area contributed by atoms with Gasteiger partial charge in [-0.3, -0.25) is 4.79 Å². The number of carbonyl (C=O) groups excluding carboxylic acids is 1. The Morgan fingerprint density at radius 3 is 2.75 bits per heavy atom. The summed E-state index contributed by atoms with van der Waals surface area (Å²) in [6.07, 6.45) is 0.882. The Balaban J connectivity index is 0.00000280. The van der Waals surface area contributed by atoms with E-state index in [0.29, 0.717) is 18.1 Å². The molecule has 1 saturated heterocycles. The second kappa shape index (κ2) is 10.5. The van der Waals surface area contributed by atoms with Crippen molar-refractivity contribution in [1.29, 1.82) is 0 Å². The molecule has 0 unspecified atom stereocenters. The van der Waals surface area contributed by atoms with Crippen LogP contribution in [0.2, 0.25) is 0 Å². The van der Waals surface area contributed by atoms with Crippen LogP contribution in [-0.4, -0.2) is 64.8 Å². The maximum absolute atomic E-state index is 13.6. The van der Waals surface area contributed by atoms with Crippen molar-refractivity contribution in [1.82, 2.24) is 30.3 Å². The average molecular weight is 411 g/mol. The summed E-state index contributed by atoms with van der Waals surface area (Å²) in [5.41, 5.74) is 0.559. The largest absolute Gasteiger partial charge is 0.349 e. The normalized spacial score (nSPS) is 14.7. The minimum absolute atomic E-state index is 0. The van der Waals surface area contributed by atoms with E-state index in [-0.39, 0.29) is 35.9 Å². The molecule has 1 amide bonds. The molecule has 1 aromatic carbocycles. The number of hydrogen-bond acceptors (Lipinski definition) is 5. The Hall–Kier alpha value is -2.03. The van der Waals surface area contributed by atoms with Crippen molar-refractivity contribution in [3.63, 3.8) is 0 Å². The van der Waals surface area contributed by atoms with E-state index in [0.717, 1.165) is 39.1 Å². The number of aromatic nitrogens is 3. The highest BCUT2D eigenvalue weighted by molar-refractivity contribution is 5.90. The summed E-state index contributed by atoms with van der Waals surface area (Å²) in [6, 6.07) is 6.13. The zero-order chi connectivity index (χ0) is 19.2. The number of benzene rings is 1. The van der Waals surface area contributed by atoms with E-state index in [1.807, 2.05) is 13.8 Å². The summed E-state index contributed by atoms with van der Waals surface area (Å²) in [5, 5.41) is 10.5. The van der Waals surface area contributed by atoms with Gasteiger partial charge in [-0.15, -0.1) is 17.5 Å². The summed E-state index contributed by atoms with van der Waals surface area (Å²) in [6.45, 7) is 9.61. The summed E-state index contributed by atoms with van der Waals surface area (Å²) in [5.74, 6) is 0.149. The van der Waals surface area contributed by atoms with E-state index in [4.69, 9.17) is 0 Å². The number of carbonyl (C=O) groups is 1. The molecule has 1 fully saturated rings. The number of halogens is 2. The number of hydrogen-bond donors (Lipinski definition) is 2. The lowest BCUT2D eigenvalue weighted by Crippen LogP contribution is -2.44. The SMILES string of the molecule is CC(C)c1nc(C(=O)NCCCN2CCNCC2)nn1-c1cccc(F)c1.Cl.